The van der Waals surface area contributed by atoms with Crippen LogP contribution in [0, 0.1) is 0 Å². The number of hydrogen-bond acceptors (Lipinski definition) is 17. The van der Waals surface area contributed by atoms with E-state index in [0.29, 0.717) is 124 Å². The van der Waals surface area contributed by atoms with Crippen LogP contribution in [0.25, 0.3) is 22.5 Å². The molecule has 2 aliphatic rings. The van der Waals surface area contributed by atoms with E-state index in [9.17, 15) is 9.59 Å². The third-order valence-corrected chi connectivity index (χ3v) is 14.6. The van der Waals surface area contributed by atoms with Crippen molar-refractivity contribution < 1.29 is 52.2 Å². The number of aromatic nitrogens is 4. The molecule has 8 rings (SSSR count). The first kappa shape index (κ1) is 66.2. The molecule has 84 heavy (non-hydrogen) atoms. The summed E-state index contributed by atoms with van der Waals surface area (Å²) in [5, 5.41) is 8.01. The van der Waals surface area contributed by atoms with Crippen LogP contribution in [0.3, 0.4) is 0 Å². The highest BCUT2D eigenvalue weighted by molar-refractivity contribution is 6.35. The molecule has 0 radical (unpaired) electrons. The van der Waals surface area contributed by atoms with E-state index in [1.165, 1.54) is 12.7 Å². The molecule has 0 saturated carbocycles. The summed E-state index contributed by atoms with van der Waals surface area (Å²) in [6.45, 7) is 8.14. The third-order valence-electron chi connectivity index (χ3n) is 13.5. The van der Waals surface area contributed by atoms with Crippen LogP contribution in [0.4, 0.5) is 0 Å². The lowest BCUT2D eigenvalue weighted by Gasteiger charge is -2.33. The highest BCUT2D eigenvalue weighted by atomic mass is 35.5. The van der Waals surface area contributed by atoms with Crippen LogP contribution in [0.5, 0.6) is 11.8 Å². The van der Waals surface area contributed by atoms with Gasteiger partial charge in [-0.25, -0.2) is 19.9 Å². The fraction of sp³-hybridized carbons (Fsp3) is 0.433. The Kier molecular flexibility index (Phi) is 27.8. The average molecular weight is 1260 g/mol. The van der Waals surface area contributed by atoms with Gasteiger partial charge >= 0.3 is 0 Å². The van der Waals surface area contributed by atoms with Gasteiger partial charge in [0.1, 0.15) is 39.1 Å². The molecule has 6 aromatic rings. The molecule has 2 N–H and O–H groups in total. The van der Waals surface area contributed by atoms with Gasteiger partial charge in [0.05, 0.1) is 90.7 Å². The number of carbonyl (C=O) groups excluding carboxylic acids is 2. The quantitative estimate of drug-likeness (QED) is 0.0364. The maximum atomic E-state index is 12.1. The number of ether oxygens (including phenoxy) is 9. The molecule has 4 heterocycles. The lowest BCUT2D eigenvalue weighted by atomic mass is 9.84. The van der Waals surface area contributed by atoms with Gasteiger partial charge in [-0.3, -0.25) is 9.59 Å². The Labute approximate surface area is 516 Å². The molecule has 0 saturated heterocycles. The SMILES string of the molecule is CN1Cc2c(Cl)cc(Cl)cc2[C@@H](c2cccc(-c3cc(OCCOCCOCCOCCNC(=O)COCC(=O)NCCOCCOCCOCCOc4cc(-c5cccc([C@@H]6CN(C)Cc7c(Cl)cc(Cl)cc76)c5)ncn4)ncn3)c2)C1.Cl. The predicted octanol–water partition coefficient (Wildman–Crippen LogP) is 8.60. The van der Waals surface area contributed by atoms with Gasteiger partial charge in [-0.2, -0.15) is 0 Å². The van der Waals surface area contributed by atoms with Crippen LogP contribution in [-0.4, -0.2) is 188 Å². The fourth-order valence-electron chi connectivity index (χ4n) is 9.60. The van der Waals surface area contributed by atoms with Gasteiger partial charge in [0.2, 0.25) is 23.6 Å². The van der Waals surface area contributed by atoms with E-state index in [0.717, 1.165) is 82.1 Å². The largest absolute Gasteiger partial charge is 0.475 e. The van der Waals surface area contributed by atoms with E-state index in [4.69, 9.17) is 89.0 Å². The van der Waals surface area contributed by atoms with Gasteiger partial charge in [0.25, 0.3) is 0 Å². The van der Waals surface area contributed by atoms with Gasteiger partial charge in [-0.1, -0.05) is 82.8 Å². The molecule has 0 unspecified atom stereocenters. The minimum absolute atomic E-state index is 0. The van der Waals surface area contributed by atoms with Crippen molar-refractivity contribution in [3.8, 4) is 34.3 Å². The second-order valence-electron chi connectivity index (χ2n) is 19.7. The summed E-state index contributed by atoms with van der Waals surface area (Å²) in [6.07, 6.45) is 2.99. The number of rotatable bonds is 34. The zero-order valence-electron chi connectivity index (χ0n) is 47.0. The monoisotopic (exact) mass is 1250 g/mol. The third kappa shape index (κ3) is 21.0. The van der Waals surface area contributed by atoms with Crippen LogP contribution in [0.1, 0.15) is 45.2 Å². The summed E-state index contributed by atoms with van der Waals surface area (Å²) in [5.41, 5.74) is 10.2. The zero-order chi connectivity index (χ0) is 58.2. The van der Waals surface area contributed by atoms with Crippen molar-refractivity contribution >= 4 is 70.6 Å². The molecule has 0 aliphatic carbocycles. The first-order chi connectivity index (χ1) is 40.5. The average Bonchev–Trinajstić information content (AvgIpc) is 3.64. The summed E-state index contributed by atoms with van der Waals surface area (Å²) in [7, 11) is 4.19. The Hall–Kier alpha value is -5.33. The van der Waals surface area contributed by atoms with Gasteiger partial charge in [0.15, 0.2) is 0 Å². The Bertz CT molecular complexity index is 2850. The Morgan fingerprint density at radius 1 is 0.488 bits per heavy atom. The summed E-state index contributed by atoms with van der Waals surface area (Å²) in [4.78, 5) is 46.3. The Morgan fingerprint density at radius 3 is 1.27 bits per heavy atom. The summed E-state index contributed by atoms with van der Waals surface area (Å²) in [6, 6.07) is 27.9. The van der Waals surface area contributed by atoms with E-state index < -0.39 is 0 Å². The molecule has 0 fully saturated rings. The fourth-order valence-corrected chi connectivity index (χ4v) is 10.7. The van der Waals surface area contributed by atoms with E-state index in [1.54, 1.807) is 12.1 Å². The number of halogens is 5. The van der Waals surface area contributed by atoms with Crippen molar-refractivity contribution in [1.29, 1.82) is 0 Å². The van der Waals surface area contributed by atoms with Gasteiger partial charge in [-0.05, 0) is 83.9 Å². The van der Waals surface area contributed by atoms with Crippen LogP contribution < -0.4 is 20.1 Å². The number of amides is 2. The molecular formula is C60H71Cl5N8O11. The maximum absolute atomic E-state index is 12.1. The number of benzene rings is 4. The number of carbonyl (C=O) groups is 2. The maximum Gasteiger partial charge on any atom is 0.246 e. The first-order valence-corrected chi connectivity index (χ1v) is 29.0. The Morgan fingerprint density at radius 2 is 0.869 bits per heavy atom. The van der Waals surface area contributed by atoms with E-state index in [-0.39, 0.29) is 62.4 Å². The number of hydrogen-bond donors (Lipinski definition) is 2. The summed E-state index contributed by atoms with van der Waals surface area (Å²) < 4.78 is 50.4. The molecule has 0 spiro atoms. The molecule has 2 aromatic heterocycles. The lowest BCUT2D eigenvalue weighted by molar-refractivity contribution is -0.131. The van der Waals surface area contributed by atoms with Crippen molar-refractivity contribution in [2.75, 3.05) is 146 Å². The molecule has 4 aromatic carbocycles. The van der Waals surface area contributed by atoms with Gasteiger partial charge in [0, 0.05) is 94.5 Å². The molecular weight excluding hydrogens is 1190 g/mol. The minimum atomic E-state index is -0.359. The smallest absolute Gasteiger partial charge is 0.246 e. The zero-order valence-corrected chi connectivity index (χ0v) is 50.9. The standard InChI is InChI=1S/C60H70Cl4N8O11.ClH/c1-71-33-49(47-27-45(61)29-53(63)51(47)35-71)41-5-3-7-43(25-41)55-31-59(69-39-67-55)82-23-21-79-19-17-77-15-13-75-11-9-65-57(73)37-81-38-58(74)66-10-12-76-14-16-78-18-20-80-22-24-83-60-32-56(68-40-70-60)44-8-4-6-42(26-44)50-34-72(2)36-52-48(50)28-46(62)30-54(52)64;/h3-8,25-32,39-40,49-50H,9-24,33-38H2,1-2H3,(H,65,73)(H,66,74);1H/t49-,50+;. The summed E-state index contributed by atoms with van der Waals surface area (Å²) >= 11 is 26.0. The van der Waals surface area contributed by atoms with Crippen molar-refractivity contribution in [3.63, 3.8) is 0 Å². The van der Waals surface area contributed by atoms with E-state index in [1.807, 2.05) is 48.5 Å². The van der Waals surface area contributed by atoms with E-state index >= 15 is 0 Å². The second kappa shape index (κ2) is 35.3. The molecule has 0 bridgehead atoms. The number of fused-ring (bicyclic) bond motifs is 2. The normalized spacial score (nSPS) is 15.0. The molecule has 24 heteroatoms. The van der Waals surface area contributed by atoms with Gasteiger partial charge < -0.3 is 63.1 Å². The van der Waals surface area contributed by atoms with Crippen molar-refractivity contribution in [2.45, 2.75) is 24.9 Å². The number of likely N-dealkylation sites (N-methyl/N-ethyl adjacent to an activating group) is 2. The highest BCUT2D eigenvalue weighted by Crippen LogP contribution is 2.41. The van der Waals surface area contributed by atoms with Crippen molar-refractivity contribution in [1.82, 2.24) is 40.4 Å². The molecule has 19 nitrogen and oxygen atoms in total. The predicted molar refractivity (Wildman–Crippen MR) is 324 cm³/mol. The molecule has 2 amide bonds. The Balaban J connectivity index is 0.0000101. The van der Waals surface area contributed by atoms with E-state index in [2.05, 4.69) is 78.7 Å². The molecule has 452 valence electrons. The van der Waals surface area contributed by atoms with Crippen molar-refractivity contribution in [2.24, 2.45) is 0 Å². The number of nitrogens with zero attached hydrogens (tertiary/aromatic N) is 6. The first-order valence-electron chi connectivity index (χ1n) is 27.5. The molecule has 2 aliphatic heterocycles. The lowest BCUT2D eigenvalue weighted by Crippen LogP contribution is -2.34. The summed E-state index contributed by atoms with van der Waals surface area (Å²) in [5.74, 6) is 0.397. The molecule has 2 atom stereocenters. The van der Waals surface area contributed by atoms with Crippen LogP contribution >= 0.6 is 58.8 Å². The van der Waals surface area contributed by atoms with Crippen LogP contribution in [-0.2, 0) is 55.8 Å². The number of nitrogens with one attached hydrogen (secondary N) is 2. The van der Waals surface area contributed by atoms with Gasteiger partial charge in [-0.15, -0.1) is 12.4 Å². The second-order valence-corrected chi connectivity index (χ2v) is 21.4. The van der Waals surface area contributed by atoms with Crippen LogP contribution in [0.2, 0.25) is 20.1 Å². The highest BCUT2D eigenvalue weighted by Gasteiger charge is 2.29. The minimum Gasteiger partial charge on any atom is -0.475 e. The topological polar surface area (TPSA) is 199 Å². The van der Waals surface area contributed by atoms with Crippen molar-refractivity contribution in [3.05, 3.63) is 151 Å². The van der Waals surface area contributed by atoms with Crippen LogP contribution in [0.15, 0.2) is 97.6 Å².